The van der Waals surface area contributed by atoms with Gasteiger partial charge in [0.05, 0.1) is 5.52 Å². The maximum absolute atomic E-state index is 13.2. The summed E-state index contributed by atoms with van der Waals surface area (Å²) >= 11 is 1.73. The molecule has 0 saturated heterocycles. The molecule has 2 rings (SSSR count). The Bertz CT molecular complexity index is 544. The molecule has 2 aromatic rings. The summed E-state index contributed by atoms with van der Waals surface area (Å²) < 4.78 is 13.2. The lowest BCUT2D eigenvalue weighted by Gasteiger charge is -2.19. The summed E-state index contributed by atoms with van der Waals surface area (Å²) in [7, 11) is 0. The lowest BCUT2D eigenvalue weighted by Crippen LogP contribution is -2.23. The average Bonchev–Trinajstić information content (AvgIpc) is 2.39. The van der Waals surface area contributed by atoms with Crippen molar-refractivity contribution >= 4 is 28.4 Å². The maximum Gasteiger partial charge on any atom is 0.125 e. The number of fused-ring (bicyclic) bond motifs is 1. The molecule has 0 saturated carbocycles. The number of benzene rings is 1. The molecule has 1 aromatic heterocycles. The fraction of sp³-hybridized carbons (Fsp3) is 0.357. The summed E-state index contributed by atoms with van der Waals surface area (Å²) in [5, 5.41) is 13.4. The van der Waals surface area contributed by atoms with Gasteiger partial charge in [-0.25, -0.2) is 4.39 Å². The first kappa shape index (κ1) is 14.1. The molecule has 5 heteroatoms. The van der Waals surface area contributed by atoms with E-state index in [1.165, 1.54) is 12.1 Å². The van der Waals surface area contributed by atoms with Crippen LogP contribution >= 0.6 is 11.8 Å². The van der Waals surface area contributed by atoms with E-state index >= 15 is 0 Å². The quantitative estimate of drug-likeness (QED) is 0.854. The zero-order chi connectivity index (χ0) is 13.7. The number of nitrogens with one attached hydrogen (secondary N) is 1. The number of aliphatic hydroxyl groups excluding tert-OH is 1. The van der Waals surface area contributed by atoms with Crippen LogP contribution in [0.4, 0.5) is 10.1 Å². The van der Waals surface area contributed by atoms with Crippen LogP contribution in [0.3, 0.4) is 0 Å². The van der Waals surface area contributed by atoms with Gasteiger partial charge in [-0.05, 0) is 30.9 Å². The zero-order valence-corrected chi connectivity index (χ0v) is 11.6. The third kappa shape index (κ3) is 3.58. The molecule has 102 valence electrons. The van der Waals surface area contributed by atoms with E-state index < -0.39 is 0 Å². The molecule has 3 nitrogen and oxygen atoms in total. The zero-order valence-electron chi connectivity index (χ0n) is 10.8. The Hall–Kier alpha value is -1.33. The van der Waals surface area contributed by atoms with Crippen LogP contribution in [0.2, 0.25) is 0 Å². The second-order valence-electron chi connectivity index (χ2n) is 4.33. The number of aromatic nitrogens is 1. The van der Waals surface area contributed by atoms with E-state index in [4.69, 9.17) is 5.11 Å². The van der Waals surface area contributed by atoms with Crippen LogP contribution in [0, 0.1) is 5.82 Å². The predicted molar refractivity (Wildman–Crippen MR) is 79.2 cm³/mol. The lowest BCUT2D eigenvalue weighted by molar-refractivity contribution is 0.282. The molecule has 1 heterocycles. The van der Waals surface area contributed by atoms with Gasteiger partial charge in [-0.3, -0.25) is 4.98 Å². The van der Waals surface area contributed by atoms with Crippen molar-refractivity contribution in [2.45, 2.75) is 12.5 Å². The van der Waals surface area contributed by atoms with Gasteiger partial charge in [0.25, 0.3) is 0 Å². The fourth-order valence-corrected chi connectivity index (χ4v) is 2.67. The number of pyridine rings is 1. The standard InChI is InChI=1S/C14H17FN2OS/c1-19-9-11(5-7-18)17-13-4-6-16-14-8-10(15)2-3-12(13)14/h2-4,6,8,11,18H,5,7,9H2,1H3,(H,16,17)/t11-/m1/s1. The van der Waals surface area contributed by atoms with Crippen LogP contribution < -0.4 is 5.32 Å². The van der Waals surface area contributed by atoms with E-state index in [0.717, 1.165) is 16.8 Å². The van der Waals surface area contributed by atoms with Gasteiger partial charge in [0, 0.05) is 41.7 Å². The van der Waals surface area contributed by atoms with Crippen LogP contribution in [-0.2, 0) is 0 Å². The molecule has 0 fully saturated rings. The Morgan fingerprint density at radius 3 is 3.00 bits per heavy atom. The van der Waals surface area contributed by atoms with E-state index in [2.05, 4.69) is 10.3 Å². The van der Waals surface area contributed by atoms with Crippen molar-refractivity contribution in [2.24, 2.45) is 0 Å². The monoisotopic (exact) mass is 280 g/mol. The second kappa shape index (κ2) is 6.73. The minimum atomic E-state index is -0.284. The Labute approximate surface area is 116 Å². The van der Waals surface area contributed by atoms with Crippen LogP contribution in [0.15, 0.2) is 30.5 Å². The first-order valence-corrected chi connectivity index (χ1v) is 7.54. The molecule has 0 spiro atoms. The number of thioether (sulfide) groups is 1. The summed E-state index contributed by atoms with van der Waals surface area (Å²) in [5.41, 5.74) is 1.56. The first-order chi connectivity index (χ1) is 9.24. The highest BCUT2D eigenvalue weighted by molar-refractivity contribution is 7.98. The van der Waals surface area contributed by atoms with E-state index in [-0.39, 0.29) is 18.5 Å². The predicted octanol–water partition coefficient (Wildman–Crippen LogP) is 2.90. The van der Waals surface area contributed by atoms with Gasteiger partial charge in [0.1, 0.15) is 5.82 Å². The molecule has 0 aliphatic carbocycles. The molecule has 0 radical (unpaired) electrons. The lowest BCUT2D eigenvalue weighted by atomic mass is 10.1. The molecule has 0 aliphatic rings. The van der Waals surface area contributed by atoms with Crippen molar-refractivity contribution in [3.8, 4) is 0 Å². The van der Waals surface area contributed by atoms with Crippen molar-refractivity contribution < 1.29 is 9.50 Å². The highest BCUT2D eigenvalue weighted by atomic mass is 32.2. The molecule has 0 unspecified atom stereocenters. The molecule has 19 heavy (non-hydrogen) atoms. The molecule has 0 amide bonds. The van der Waals surface area contributed by atoms with E-state index in [0.29, 0.717) is 11.9 Å². The molecule has 1 atom stereocenters. The molecule has 0 aliphatic heterocycles. The summed E-state index contributed by atoms with van der Waals surface area (Å²) in [6.07, 6.45) is 4.39. The number of hydrogen-bond donors (Lipinski definition) is 2. The minimum absolute atomic E-state index is 0.149. The van der Waals surface area contributed by atoms with Gasteiger partial charge in [0.15, 0.2) is 0 Å². The van der Waals surface area contributed by atoms with Crippen LogP contribution in [0.1, 0.15) is 6.42 Å². The minimum Gasteiger partial charge on any atom is -0.396 e. The van der Waals surface area contributed by atoms with E-state index in [1.807, 2.05) is 12.3 Å². The maximum atomic E-state index is 13.2. The van der Waals surface area contributed by atoms with Crippen LogP contribution in [0.5, 0.6) is 0 Å². The number of nitrogens with zero attached hydrogens (tertiary/aromatic N) is 1. The summed E-state index contributed by atoms with van der Waals surface area (Å²) in [4.78, 5) is 4.17. The Morgan fingerprint density at radius 1 is 1.42 bits per heavy atom. The second-order valence-corrected chi connectivity index (χ2v) is 5.24. The van der Waals surface area contributed by atoms with Crippen LogP contribution in [-0.4, -0.2) is 34.7 Å². The molecular formula is C14H17FN2OS. The van der Waals surface area contributed by atoms with Crippen molar-refractivity contribution in [3.63, 3.8) is 0 Å². The fourth-order valence-electron chi connectivity index (χ4n) is 2.02. The Kier molecular flexibility index (Phi) is 4.99. The van der Waals surface area contributed by atoms with Crippen molar-refractivity contribution in [1.29, 1.82) is 0 Å². The van der Waals surface area contributed by atoms with Gasteiger partial charge in [0.2, 0.25) is 0 Å². The molecule has 2 N–H and O–H groups in total. The third-order valence-corrected chi connectivity index (χ3v) is 3.65. The van der Waals surface area contributed by atoms with E-state index in [1.54, 1.807) is 24.0 Å². The Balaban J connectivity index is 2.28. The molecule has 0 bridgehead atoms. The van der Waals surface area contributed by atoms with Crippen LogP contribution in [0.25, 0.3) is 10.9 Å². The number of anilines is 1. The van der Waals surface area contributed by atoms with Crippen molar-refractivity contribution in [3.05, 3.63) is 36.3 Å². The summed E-state index contributed by atoms with van der Waals surface area (Å²) in [5.74, 6) is 0.624. The van der Waals surface area contributed by atoms with Gasteiger partial charge >= 0.3 is 0 Å². The van der Waals surface area contributed by atoms with Gasteiger partial charge in [-0.15, -0.1) is 0 Å². The molecular weight excluding hydrogens is 263 g/mol. The molecule has 1 aromatic carbocycles. The SMILES string of the molecule is CSC[C@@H](CCO)Nc1ccnc2cc(F)ccc12. The largest absolute Gasteiger partial charge is 0.396 e. The van der Waals surface area contributed by atoms with Gasteiger partial charge < -0.3 is 10.4 Å². The van der Waals surface area contributed by atoms with Crippen molar-refractivity contribution in [2.75, 3.05) is 23.9 Å². The van der Waals surface area contributed by atoms with Crippen molar-refractivity contribution in [1.82, 2.24) is 4.98 Å². The van der Waals surface area contributed by atoms with Gasteiger partial charge in [-0.2, -0.15) is 11.8 Å². The number of rotatable bonds is 6. The topological polar surface area (TPSA) is 45.1 Å². The normalized spacial score (nSPS) is 12.6. The highest BCUT2D eigenvalue weighted by Gasteiger charge is 2.10. The first-order valence-electron chi connectivity index (χ1n) is 6.15. The third-order valence-electron chi connectivity index (χ3n) is 2.91. The number of hydrogen-bond acceptors (Lipinski definition) is 4. The Morgan fingerprint density at radius 2 is 2.26 bits per heavy atom. The van der Waals surface area contributed by atoms with Gasteiger partial charge in [-0.1, -0.05) is 0 Å². The smallest absolute Gasteiger partial charge is 0.125 e. The summed E-state index contributed by atoms with van der Waals surface area (Å²) in [6, 6.07) is 6.66. The highest BCUT2D eigenvalue weighted by Crippen LogP contribution is 2.23. The number of halogens is 1. The summed E-state index contributed by atoms with van der Waals surface area (Å²) in [6.45, 7) is 0.149. The number of aliphatic hydroxyl groups is 1. The van der Waals surface area contributed by atoms with E-state index in [9.17, 15) is 4.39 Å². The average molecular weight is 280 g/mol.